The fraction of sp³-hybridized carbons (Fsp3) is 0.455. The van der Waals surface area contributed by atoms with Crippen LogP contribution in [0.15, 0.2) is 60.7 Å². The lowest BCUT2D eigenvalue weighted by atomic mass is 9.79. The maximum Gasteiger partial charge on any atom is 0.120 e. The van der Waals surface area contributed by atoms with Crippen LogP contribution in [0, 0.1) is 0 Å². The maximum atomic E-state index is 9.84. The van der Waals surface area contributed by atoms with Crippen molar-refractivity contribution in [3.8, 4) is 17.2 Å². The number of anilines is 1. The number of phenols is 1. The van der Waals surface area contributed by atoms with Gasteiger partial charge in [-0.3, -0.25) is 4.90 Å². The van der Waals surface area contributed by atoms with Crippen LogP contribution in [0.25, 0.3) is 0 Å². The summed E-state index contributed by atoms with van der Waals surface area (Å²) in [6.45, 7) is 2.69. The fourth-order valence-electron chi connectivity index (χ4n) is 6.93. The Morgan fingerprint density at radius 1 is 0.868 bits per heavy atom. The number of aryl methyl sites for hydroxylation is 1. The van der Waals surface area contributed by atoms with E-state index in [9.17, 15) is 5.11 Å². The van der Waals surface area contributed by atoms with Gasteiger partial charge in [0.2, 0.25) is 0 Å². The lowest BCUT2D eigenvalue weighted by Gasteiger charge is -2.27. The van der Waals surface area contributed by atoms with Gasteiger partial charge in [0, 0.05) is 36.9 Å². The van der Waals surface area contributed by atoms with E-state index in [1.165, 1.54) is 47.9 Å². The molecule has 38 heavy (non-hydrogen) atoms. The van der Waals surface area contributed by atoms with Crippen LogP contribution < -0.4 is 14.8 Å². The summed E-state index contributed by atoms with van der Waals surface area (Å²) in [5.41, 5.74) is 6.43. The van der Waals surface area contributed by atoms with Gasteiger partial charge in [0.15, 0.2) is 0 Å². The predicted molar refractivity (Wildman–Crippen MR) is 153 cm³/mol. The highest BCUT2D eigenvalue weighted by Gasteiger charge is 2.38. The van der Waals surface area contributed by atoms with Crippen LogP contribution in [-0.2, 0) is 19.3 Å². The number of hydrogen-bond donors (Lipinski definition) is 2. The lowest BCUT2D eigenvalue weighted by Crippen LogP contribution is -2.32. The molecule has 2 fully saturated rings. The summed E-state index contributed by atoms with van der Waals surface area (Å²) >= 11 is 0. The topological polar surface area (TPSA) is 54.0 Å². The number of nitrogens with one attached hydrogen (secondary N) is 1. The number of rotatable bonds is 10. The Bertz CT molecular complexity index is 1220. The number of ether oxygens (including phenoxy) is 2. The van der Waals surface area contributed by atoms with Crippen molar-refractivity contribution in [3.05, 3.63) is 82.9 Å². The number of benzene rings is 3. The van der Waals surface area contributed by atoms with Crippen molar-refractivity contribution in [3.63, 3.8) is 0 Å². The molecular formula is C33H40N2O3. The molecule has 3 aliphatic rings. The molecule has 5 heteroatoms. The van der Waals surface area contributed by atoms with Gasteiger partial charge in [0.05, 0.1) is 7.11 Å². The molecule has 5 nitrogen and oxygen atoms in total. The van der Waals surface area contributed by atoms with Gasteiger partial charge < -0.3 is 19.9 Å². The van der Waals surface area contributed by atoms with Crippen molar-refractivity contribution in [2.75, 3.05) is 32.1 Å². The van der Waals surface area contributed by atoms with Crippen molar-refractivity contribution in [2.24, 2.45) is 0 Å². The first-order chi connectivity index (χ1) is 18.7. The summed E-state index contributed by atoms with van der Waals surface area (Å²) < 4.78 is 11.6. The van der Waals surface area contributed by atoms with E-state index in [1.807, 2.05) is 12.1 Å². The molecule has 0 amide bonds. The Kier molecular flexibility index (Phi) is 7.46. The molecule has 2 N–H and O–H groups in total. The molecule has 0 aromatic heterocycles. The second-order valence-corrected chi connectivity index (χ2v) is 11.2. The number of methoxy groups -OCH3 is 1. The normalized spacial score (nSPS) is 22.3. The minimum Gasteiger partial charge on any atom is -0.508 e. The molecule has 0 radical (unpaired) electrons. The summed E-state index contributed by atoms with van der Waals surface area (Å²) in [5.74, 6) is 2.66. The Morgan fingerprint density at radius 3 is 2.39 bits per heavy atom. The smallest absolute Gasteiger partial charge is 0.120 e. The highest BCUT2D eigenvalue weighted by Crippen LogP contribution is 2.39. The van der Waals surface area contributed by atoms with Gasteiger partial charge in [-0.25, -0.2) is 0 Å². The van der Waals surface area contributed by atoms with Gasteiger partial charge in [-0.2, -0.15) is 0 Å². The number of phenolic OH excluding ortho intramolecular Hbond substituents is 1. The number of aromatic hydroxyl groups is 1. The van der Waals surface area contributed by atoms with E-state index in [-0.39, 0.29) is 0 Å². The van der Waals surface area contributed by atoms with Crippen molar-refractivity contribution >= 4 is 5.69 Å². The lowest BCUT2D eigenvalue weighted by molar-refractivity contribution is 0.194. The quantitative estimate of drug-likeness (QED) is 0.332. The van der Waals surface area contributed by atoms with E-state index in [4.69, 9.17) is 9.47 Å². The zero-order chi connectivity index (χ0) is 25.9. The fourth-order valence-corrected chi connectivity index (χ4v) is 6.93. The third-order valence-electron chi connectivity index (χ3n) is 8.99. The maximum absolute atomic E-state index is 9.84. The van der Waals surface area contributed by atoms with Gasteiger partial charge in [-0.05, 0) is 110 Å². The Morgan fingerprint density at radius 2 is 1.63 bits per heavy atom. The van der Waals surface area contributed by atoms with Gasteiger partial charge in [-0.15, -0.1) is 0 Å². The van der Waals surface area contributed by atoms with Crippen molar-refractivity contribution < 1.29 is 14.6 Å². The minimum absolute atomic E-state index is 0.363. The molecule has 0 saturated carbocycles. The van der Waals surface area contributed by atoms with E-state index < -0.39 is 0 Å². The van der Waals surface area contributed by atoms with Crippen LogP contribution in [0.1, 0.15) is 60.3 Å². The van der Waals surface area contributed by atoms with E-state index >= 15 is 0 Å². The Hall–Kier alpha value is -3.18. The first-order valence-electron chi connectivity index (χ1n) is 14.4. The highest BCUT2D eigenvalue weighted by molar-refractivity contribution is 5.58. The van der Waals surface area contributed by atoms with Crippen LogP contribution in [0.5, 0.6) is 17.2 Å². The predicted octanol–water partition coefficient (Wildman–Crippen LogP) is 6.33. The summed E-state index contributed by atoms with van der Waals surface area (Å²) in [6, 6.07) is 22.5. The summed E-state index contributed by atoms with van der Waals surface area (Å²) in [7, 11) is 1.72. The second kappa shape index (κ2) is 11.3. The molecule has 2 saturated heterocycles. The summed E-state index contributed by atoms with van der Waals surface area (Å²) in [5, 5.41) is 13.5. The molecule has 1 aliphatic carbocycles. The Balaban J connectivity index is 1.03. The van der Waals surface area contributed by atoms with Gasteiger partial charge >= 0.3 is 0 Å². The largest absolute Gasteiger partial charge is 0.508 e. The molecule has 3 aromatic rings. The molecule has 2 heterocycles. The van der Waals surface area contributed by atoms with Crippen molar-refractivity contribution in [1.29, 1.82) is 0 Å². The van der Waals surface area contributed by atoms with E-state index in [0.29, 0.717) is 11.7 Å². The summed E-state index contributed by atoms with van der Waals surface area (Å²) in [4.78, 5) is 2.67. The highest BCUT2D eigenvalue weighted by atomic mass is 16.5. The van der Waals surface area contributed by atoms with Crippen LogP contribution in [0.4, 0.5) is 5.69 Å². The number of hydrogen-bond acceptors (Lipinski definition) is 5. The third kappa shape index (κ3) is 5.49. The zero-order valence-electron chi connectivity index (χ0n) is 22.5. The van der Waals surface area contributed by atoms with Crippen LogP contribution in [0.3, 0.4) is 0 Å². The average Bonchev–Trinajstić information content (AvgIpc) is 3.53. The number of fused-ring (bicyclic) bond motifs is 3. The Labute approximate surface area is 226 Å². The third-order valence-corrected chi connectivity index (χ3v) is 8.99. The summed E-state index contributed by atoms with van der Waals surface area (Å²) in [6.07, 6.45) is 9.54. The van der Waals surface area contributed by atoms with Crippen molar-refractivity contribution in [2.45, 2.75) is 69.4 Å². The van der Waals surface area contributed by atoms with Crippen LogP contribution in [-0.4, -0.2) is 48.9 Å². The van der Waals surface area contributed by atoms with E-state index in [1.54, 1.807) is 7.11 Å². The van der Waals surface area contributed by atoms with Crippen LogP contribution >= 0.6 is 0 Å². The minimum atomic E-state index is 0.363. The van der Waals surface area contributed by atoms with E-state index in [0.717, 1.165) is 74.6 Å². The van der Waals surface area contributed by atoms with Crippen molar-refractivity contribution in [1.82, 2.24) is 4.90 Å². The molecule has 3 aromatic carbocycles. The molecule has 200 valence electrons. The standard InChI is InChI=1S/C33H40N2O3/c1-37-31-14-15-32(26-5-4-25-21-29(36)11-6-24(25)20-26)33(22-31)34-17-16-23-2-12-30(13-3-23)38-19-18-35-27-7-8-28(35)10-9-27/h2-3,6,11-15,21-22,26-28,34,36H,4-5,7-10,16-20H2,1H3. The first kappa shape index (κ1) is 25.1. The molecule has 1 atom stereocenters. The molecule has 2 bridgehead atoms. The first-order valence-corrected chi connectivity index (χ1v) is 14.4. The van der Waals surface area contributed by atoms with Gasteiger partial charge in [0.25, 0.3) is 0 Å². The molecule has 1 unspecified atom stereocenters. The SMILES string of the molecule is COc1ccc(C2CCc3cc(O)ccc3C2)c(NCCc2ccc(OCCN3C4CCC3CC4)cc2)c1. The van der Waals surface area contributed by atoms with Gasteiger partial charge in [0.1, 0.15) is 23.9 Å². The van der Waals surface area contributed by atoms with Crippen LogP contribution in [0.2, 0.25) is 0 Å². The number of nitrogens with zero attached hydrogens (tertiary/aromatic N) is 1. The zero-order valence-corrected chi connectivity index (χ0v) is 22.5. The monoisotopic (exact) mass is 512 g/mol. The second-order valence-electron chi connectivity index (χ2n) is 11.2. The van der Waals surface area contributed by atoms with E-state index in [2.05, 4.69) is 58.7 Å². The average molecular weight is 513 g/mol. The molecule has 6 rings (SSSR count). The molecular weight excluding hydrogens is 472 g/mol. The van der Waals surface area contributed by atoms with Gasteiger partial charge in [-0.1, -0.05) is 24.3 Å². The molecule has 0 spiro atoms. The molecule has 2 aliphatic heterocycles.